The number of piperidine rings is 1. The van der Waals surface area contributed by atoms with Crippen molar-refractivity contribution in [1.82, 2.24) is 15.1 Å². The third-order valence-corrected chi connectivity index (χ3v) is 7.91. The van der Waals surface area contributed by atoms with Gasteiger partial charge in [0.25, 0.3) is 0 Å². The first-order valence-corrected chi connectivity index (χ1v) is 14.9. The molecule has 0 atom stereocenters. The molecule has 6 nitrogen and oxygen atoms in total. The highest BCUT2D eigenvalue weighted by atomic mass is 19.1. The number of likely N-dealkylation sites (tertiary alicyclic amines) is 1. The van der Waals surface area contributed by atoms with Gasteiger partial charge in [-0.25, -0.2) is 9.18 Å². The van der Waals surface area contributed by atoms with E-state index in [1.807, 2.05) is 43.0 Å². The van der Waals surface area contributed by atoms with E-state index in [1.54, 1.807) is 12.1 Å². The molecule has 0 bridgehead atoms. The first-order chi connectivity index (χ1) is 20.1. The highest BCUT2D eigenvalue weighted by molar-refractivity contribution is 5.75. The summed E-state index contributed by atoms with van der Waals surface area (Å²) in [5.74, 6) is -0.0702. The summed E-state index contributed by atoms with van der Waals surface area (Å²) >= 11 is 0. The average Bonchev–Trinajstić information content (AvgIpc) is 2.97. The molecule has 0 saturated carbocycles. The number of hydrogen-bond acceptors (Lipinski definition) is 4. The van der Waals surface area contributed by atoms with E-state index in [0.717, 1.165) is 55.6 Å². The maximum atomic E-state index is 13.5. The van der Waals surface area contributed by atoms with E-state index >= 15 is 0 Å². The van der Waals surface area contributed by atoms with Gasteiger partial charge in [-0.1, -0.05) is 66.2 Å². The van der Waals surface area contributed by atoms with Gasteiger partial charge in [0.1, 0.15) is 12.4 Å². The Kier molecular flexibility index (Phi) is 10.7. The first-order valence-electron chi connectivity index (χ1n) is 14.9. The van der Waals surface area contributed by atoms with Crippen LogP contribution in [-0.4, -0.2) is 53.6 Å². The highest BCUT2D eigenvalue weighted by Gasteiger charge is 2.27. The van der Waals surface area contributed by atoms with Crippen molar-refractivity contribution in [3.63, 3.8) is 0 Å². The van der Waals surface area contributed by atoms with Crippen molar-refractivity contribution in [2.45, 2.75) is 65.6 Å². The van der Waals surface area contributed by atoms with Crippen LogP contribution < -0.4 is 5.32 Å². The van der Waals surface area contributed by atoms with Crippen LogP contribution in [0.2, 0.25) is 0 Å². The van der Waals surface area contributed by atoms with Crippen LogP contribution in [0.15, 0.2) is 72.8 Å². The minimum Gasteiger partial charge on any atom is -0.463 e. The molecule has 3 aromatic carbocycles. The molecule has 4 rings (SSSR count). The molecule has 0 spiro atoms. The topological polar surface area (TPSA) is 61.9 Å². The van der Waals surface area contributed by atoms with E-state index in [1.165, 1.54) is 30.2 Å². The fraction of sp³-hybridized carbons (Fsp3) is 0.429. The fourth-order valence-electron chi connectivity index (χ4n) is 5.33. The van der Waals surface area contributed by atoms with Gasteiger partial charge in [0.2, 0.25) is 0 Å². The molecule has 0 aromatic heterocycles. The lowest BCUT2D eigenvalue weighted by molar-refractivity contribution is -0.142. The van der Waals surface area contributed by atoms with Gasteiger partial charge in [0.15, 0.2) is 0 Å². The van der Waals surface area contributed by atoms with E-state index < -0.39 is 5.54 Å². The lowest BCUT2D eigenvalue weighted by Crippen LogP contribution is -2.52. The third kappa shape index (κ3) is 9.69. The Morgan fingerprint density at radius 1 is 0.929 bits per heavy atom. The molecule has 2 amide bonds. The molecule has 0 aliphatic carbocycles. The summed E-state index contributed by atoms with van der Waals surface area (Å²) in [6.07, 6.45) is 3.17. The number of esters is 1. The molecular weight excluding hydrogens is 529 g/mol. The molecule has 0 radical (unpaired) electrons. The molecule has 7 heteroatoms. The third-order valence-electron chi connectivity index (χ3n) is 7.91. The van der Waals surface area contributed by atoms with Crippen molar-refractivity contribution < 1.29 is 18.7 Å². The second kappa shape index (κ2) is 14.5. The van der Waals surface area contributed by atoms with Crippen LogP contribution in [0, 0.1) is 18.7 Å². The number of halogens is 1. The van der Waals surface area contributed by atoms with Crippen LogP contribution in [0.4, 0.5) is 9.18 Å². The number of carbonyl (C=O) groups excluding carboxylic acids is 2. The Morgan fingerprint density at radius 2 is 1.50 bits per heavy atom. The molecule has 1 fully saturated rings. The zero-order valence-corrected chi connectivity index (χ0v) is 25.4. The zero-order valence-electron chi connectivity index (χ0n) is 25.4. The Bertz CT molecular complexity index is 1300. The minimum atomic E-state index is -0.700. The summed E-state index contributed by atoms with van der Waals surface area (Å²) in [6, 6.07) is 23.1. The summed E-state index contributed by atoms with van der Waals surface area (Å²) in [5.41, 5.74) is 4.89. The van der Waals surface area contributed by atoms with Crippen molar-refractivity contribution in [2.75, 3.05) is 26.2 Å². The molecule has 1 saturated heterocycles. The van der Waals surface area contributed by atoms with Crippen molar-refractivity contribution in [3.05, 3.63) is 95.3 Å². The summed E-state index contributed by atoms with van der Waals surface area (Å²) in [6.45, 7) is 11.5. The van der Waals surface area contributed by atoms with Crippen LogP contribution in [0.1, 0.15) is 56.7 Å². The first kappa shape index (κ1) is 31.2. The van der Waals surface area contributed by atoms with E-state index in [2.05, 4.69) is 41.4 Å². The molecule has 3 aromatic rings. The Labute approximate surface area is 249 Å². The lowest BCUT2D eigenvalue weighted by Gasteiger charge is -2.34. The van der Waals surface area contributed by atoms with Gasteiger partial charge in [0.05, 0.1) is 5.54 Å². The van der Waals surface area contributed by atoms with Gasteiger partial charge >= 0.3 is 12.0 Å². The highest BCUT2D eigenvalue weighted by Crippen LogP contribution is 2.24. The number of urea groups is 1. The molecule has 1 aliphatic rings. The monoisotopic (exact) mass is 573 g/mol. The van der Waals surface area contributed by atoms with Crippen molar-refractivity contribution in [1.29, 1.82) is 0 Å². The standard InChI is InChI=1S/C35H44FN3O3/c1-26-5-7-29(8-6-26)23-38-20-17-28(18-21-38)19-22-39(34(41)37-35(3,4)25-42-27(2)40)24-30-9-11-31(12-10-30)32-13-15-33(36)16-14-32/h5-16,28H,17-25H2,1-4H3,(H,37,41). The summed E-state index contributed by atoms with van der Waals surface area (Å²) < 4.78 is 18.5. The zero-order chi connectivity index (χ0) is 30.1. The molecule has 1 heterocycles. The Hall–Kier alpha value is -3.71. The largest absolute Gasteiger partial charge is 0.463 e. The minimum absolute atomic E-state index is 0.105. The fourth-order valence-corrected chi connectivity index (χ4v) is 5.33. The number of amides is 2. The van der Waals surface area contributed by atoms with E-state index in [-0.39, 0.29) is 24.4 Å². The maximum Gasteiger partial charge on any atom is 0.318 e. The second-order valence-electron chi connectivity index (χ2n) is 12.2. The van der Waals surface area contributed by atoms with E-state index in [0.29, 0.717) is 19.0 Å². The van der Waals surface area contributed by atoms with Crippen molar-refractivity contribution in [3.8, 4) is 11.1 Å². The molecule has 0 unspecified atom stereocenters. The number of nitrogens with one attached hydrogen (secondary N) is 1. The number of benzene rings is 3. The van der Waals surface area contributed by atoms with Gasteiger partial charge in [-0.3, -0.25) is 9.69 Å². The second-order valence-corrected chi connectivity index (χ2v) is 12.2. The van der Waals surface area contributed by atoms with Crippen molar-refractivity contribution in [2.24, 2.45) is 5.92 Å². The van der Waals surface area contributed by atoms with Gasteiger partial charge in [-0.05, 0) is 93.4 Å². The number of ether oxygens (including phenoxy) is 1. The van der Waals surface area contributed by atoms with Crippen LogP contribution in [-0.2, 0) is 22.6 Å². The van der Waals surface area contributed by atoms with Crippen LogP contribution in [0.25, 0.3) is 11.1 Å². The lowest BCUT2D eigenvalue weighted by atomic mass is 9.93. The number of nitrogens with zero attached hydrogens (tertiary/aromatic N) is 2. The number of carbonyl (C=O) groups is 2. The maximum absolute atomic E-state index is 13.5. The van der Waals surface area contributed by atoms with Crippen molar-refractivity contribution >= 4 is 12.0 Å². The summed E-state index contributed by atoms with van der Waals surface area (Å²) in [4.78, 5) is 29.2. The van der Waals surface area contributed by atoms with Gasteiger partial charge < -0.3 is 15.0 Å². The van der Waals surface area contributed by atoms with Crippen LogP contribution >= 0.6 is 0 Å². The predicted octanol–water partition coefficient (Wildman–Crippen LogP) is 6.96. The molecule has 1 N–H and O–H groups in total. The summed E-state index contributed by atoms with van der Waals surface area (Å²) in [7, 11) is 0. The van der Waals surface area contributed by atoms with Gasteiger partial charge in [-0.2, -0.15) is 0 Å². The number of aryl methyl sites for hydroxylation is 1. The molecule has 42 heavy (non-hydrogen) atoms. The van der Waals surface area contributed by atoms with E-state index in [9.17, 15) is 14.0 Å². The average molecular weight is 574 g/mol. The van der Waals surface area contributed by atoms with Gasteiger partial charge in [-0.15, -0.1) is 0 Å². The van der Waals surface area contributed by atoms with Crippen LogP contribution in [0.3, 0.4) is 0 Å². The predicted molar refractivity (Wildman–Crippen MR) is 165 cm³/mol. The quantitative estimate of drug-likeness (QED) is 0.252. The normalized spacial score (nSPS) is 14.4. The Balaban J connectivity index is 1.37. The summed E-state index contributed by atoms with van der Waals surface area (Å²) in [5, 5.41) is 3.07. The number of hydrogen-bond donors (Lipinski definition) is 1. The smallest absolute Gasteiger partial charge is 0.318 e. The molecular formula is C35H44FN3O3. The molecule has 1 aliphatic heterocycles. The molecule has 224 valence electrons. The number of rotatable bonds is 11. The SMILES string of the molecule is CC(=O)OCC(C)(C)NC(=O)N(CCC1CCN(Cc2ccc(C)cc2)CC1)Cc1ccc(-c2ccc(F)cc2)cc1. The van der Waals surface area contributed by atoms with E-state index in [4.69, 9.17) is 4.74 Å². The Morgan fingerprint density at radius 3 is 2.10 bits per heavy atom. The van der Waals surface area contributed by atoms with Crippen LogP contribution in [0.5, 0.6) is 0 Å². The van der Waals surface area contributed by atoms with Gasteiger partial charge in [0, 0.05) is 26.6 Å².